The van der Waals surface area contributed by atoms with E-state index in [-0.39, 0.29) is 5.63 Å². The zero-order valence-corrected chi connectivity index (χ0v) is 14.8. The Balaban J connectivity index is 1.51. The summed E-state index contributed by atoms with van der Waals surface area (Å²) in [4.78, 5) is 19.1. The Morgan fingerprint density at radius 3 is 2.77 bits per heavy atom. The number of H-pyrrole nitrogens is 1. The van der Waals surface area contributed by atoms with E-state index in [9.17, 15) is 4.79 Å². The summed E-state index contributed by atoms with van der Waals surface area (Å²) < 4.78 is 10.6. The van der Waals surface area contributed by atoms with E-state index in [0.717, 1.165) is 49.5 Å². The number of nitrogens with one attached hydrogen (secondary N) is 2. The molecule has 0 aliphatic carbocycles. The van der Waals surface area contributed by atoms with Crippen LogP contribution in [0.3, 0.4) is 0 Å². The van der Waals surface area contributed by atoms with Gasteiger partial charge in [0.2, 0.25) is 0 Å². The summed E-state index contributed by atoms with van der Waals surface area (Å²) in [7, 11) is 1.61. The number of piperazine rings is 1. The number of rotatable bonds is 4. The van der Waals surface area contributed by atoms with E-state index in [1.807, 2.05) is 24.4 Å². The number of quaternary nitrogens is 1. The molecular formula is C20H23N3O3+2. The zero-order valence-electron chi connectivity index (χ0n) is 14.8. The SMILES string of the molecule is COc1ccc2c(C[NH+]3CCN(c4cccc[nH+]4)CC3)cc(=O)oc2c1. The van der Waals surface area contributed by atoms with Gasteiger partial charge in [0.1, 0.15) is 44.1 Å². The van der Waals surface area contributed by atoms with Crippen LogP contribution in [0.25, 0.3) is 11.0 Å². The Labute approximate surface area is 151 Å². The predicted molar refractivity (Wildman–Crippen MR) is 98.6 cm³/mol. The minimum Gasteiger partial charge on any atom is -0.497 e. The number of hydrogen-bond acceptors (Lipinski definition) is 4. The van der Waals surface area contributed by atoms with E-state index in [0.29, 0.717) is 11.3 Å². The van der Waals surface area contributed by atoms with Crippen LogP contribution in [-0.2, 0) is 6.54 Å². The number of pyridine rings is 1. The molecule has 0 spiro atoms. The van der Waals surface area contributed by atoms with Gasteiger partial charge in [0, 0.05) is 29.1 Å². The third-order valence-electron chi connectivity index (χ3n) is 4.98. The molecule has 0 saturated carbocycles. The summed E-state index contributed by atoms with van der Waals surface area (Å²) in [6.45, 7) is 4.86. The minimum atomic E-state index is -0.308. The Hall–Kier alpha value is -2.86. The fourth-order valence-corrected chi connectivity index (χ4v) is 3.57. The maximum absolute atomic E-state index is 12.0. The van der Waals surface area contributed by atoms with Crippen molar-refractivity contribution < 1.29 is 19.0 Å². The topological polar surface area (TPSA) is 61.3 Å². The van der Waals surface area contributed by atoms with Crippen LogP contribution in [0.2, 0.25) is 0 Å². The van der Waals surface area contributed by atoms with Gasteiger partial charge in [0.25, 0.3) is 5.82 Å². The molecular weight excluding hydrogens is 330 g/mol. The van der Waals surface area contributed by atoms with E-state index in [2.05, 4.69) is 22.0 Å². The molecule has 6 nitrogen and oxygen atoms in total. The molecule has 6 heteroatoms. The Bertz CT molecular complexity index is 947. The summed E-state index contributed by atoms with van der Waals surface area (Å²) in [5, 5.41) is 0.983. The smallest absolute Gasteiger partial charge is 0.336 e. The second-order valence-corrected chi connectivity index (χ2v) is 6.61. The van der Waals surface area contributed by atoms with Crippen molar-refractivity contribution in [1.82, 2.24) is 0 Å². The van der Waals surface area contributed by atoms with Gasteiger partial charge >= 0.3 is 5.63 Å². The molecule has 0 atom stereocenters. The third-order valence-corrected chi connectivity index (χ3v) is 4.98. The number of ether oxygens (including phenoxy) is 1. The molecule has 0 bridgehead atoms. The first-order valence-electron chi connectivity index (χ1n) is 8.89. The number of methoxy groups -OCH3 is 1. The van der Waals surface area contributed by atoms with Crippen molar-refractivity contribution in [3.8, 4) is 5.75 Å². The molecule has 0 amide bonds. The van der Waals surface area contributed by atoms with Gasteiger partial charge in [-0.05, 0) is 18.2 Å². The Morgan fingerprint density at radius 2 is 2.04 bits per heavy atom. The van der Waals surface area contributed by atoms with Crippen molar-refractivity contribution in [2.24, 2.45) is 0 Å². The molecule has 134 valence electrons. The number of nitrogens with zero attached hydrogens (tertiary/aromatic N) is 1. The molecule has 26 heavy (non-hydrogen) atoms. The van der Waals surface area contributed by atoms with Crippen LogP contribution < -0.4 is 25.1 Å². The first-order valence-corrected chi connectivity index (χ1v) is 8.89. The van der Waals surface area contributed by atoms with Gasteiger partial charge in [-0.3, -0.25) is 4.90 Å². The molecule has 3 aromatic rings. The number of aromatic nitrogens is 1. The van der Waals surface area contributed by atoms with E-state index < -0.39 is 0 Å². The maximum atomic E-state index is 12.0. The van der Waals surface area contributed by atoms with E-state index in [1.165, 1.54) is 4.90 Å². The molecule has 0 unspecified atom stereocenters. The highest BCUT2D eigenvalue weighted by Gasteiger charge is 2.26. The van der Waals surface area contributed by atoms with Crippen LogP contribution >= 0.6 is 0 Å². The Kier molecular flexibility index (Phi) is 4.58. The summed E-state index contributed by atoms with van der Waals surface area (Å²) in [5.41, 5.74) is 1.31. The number of aromatic amines is 1. The highest BCUT2D eigenvalue weighted by molar-refractivity contribution is 5.81. The highest BCUT2D eigenvalue weighted by atomic mass is 16.5. The van der Waals surface area contributed by atoms with Crippen LogP contribution in [0.15, 0.2) is 57.9 Å². The van der Waals surface area contributed by atoms with Gasteiger partial charge in [-0.1, -0.05) is 6.07 Å². The lowest BCUT2D eigenvalue weighted by atomic mass is 10.1. The largest absolute Gasteiger partial charge is 0.497 e. The van der Waals surface area contributed by atoms with Gasteiger partial charge < -0.3 is 14.1 Å². The van der Waals surface area contributed by atoms with Crippen LogP contribution in [0.4, 0.5) is 5.82 Å². The standard InChI is InChI=1S/C20H21N3O3/c1-25-16-5-6-17-15(12-20(24)26-18(17)13-16)14-22-8-10-23(11-9-22)19-4-2-3-7-21-19/h2-7,12-13H,8-11,14H2,1H3/p+2. The van der Waals surface area contributed by atoms with Gasteiger partial charge in [0.15, 0.2) is 0 Å². The van der Waals surface area contributed by atoms with Crippen molar-refractivity contribution >= 4 is 16.8 Å². The normalized spacial score (nSPS) is 15.3. The van der Waals surface area contributed by atoms with Gasteiger partial charge in [-0.25, -0.2) is 9.78 Å². The molecule has 1 fully saturated rings. The number of fused-ring (bicyclic) bond motifs is 1. The van der Waals surface area contributed by atoms with Crippen LogP contribution in [0.5, 0.6) is 5.75 Å². The first kappa shape index (κ1) is 16.6. The van der Waals surface area contributed by atoms with E-state index in [1.54, 1.807) is 19.2 Å². The summed E-state index contributed by atoms with van der Waals surface area (Å²) in [6, 6.07) is 13.4. The number of anilines is 1. The molecule has 4 rings (SSSR count). The molecule has 0 radical (unpaired) electrons. The van der Waals surface area contributed by atoms with Crippen molar-refractivity contribution in [2.45, 2.75) is 6.54 Å². The second kappa shape index (κ2) is 7.17. The van der Waals surface area contributed by atoms with Crippen LogP contribution in [0.1, 0.15) is 5.56 Å². The van der Waals surface area contributed by atoms with Crippen molar-refractivity contribution in [3.63, 3.8) is 0 Å². The molecule has 1 saturated heterocycles. The first-order chi connectivity index (χ1) is 12.7. The van der Waals surface area contributed by atoms with Gasteiger partial charge in [0.05, 0.1) is 13.3 Å². The van der Waals surface area contributed by atoms with Crippen molar-refractivity contribution in [1.29, 1.82) is 0 Å². The van der Waals surface area contributed by atoms with Crippen LogP contribution in [-0.4, -0.2) is 33.3 Å². The fourth-order valence-electron chi connectivity index (χ4n) is 3.57. The maximum Gasteiger partial charge on any atom is 0.336 e. The summed E-state index contributed by atoms with van der Waals surface area (Å²) in [6.07, 6.45) is 1.96. The highest BCUT2D eigenvalue weighted by Crippen LogP contribution is 2.22. The average Bonchev–Trinajstić information content (AvgIpc) is 2.68. The zero-order chi connectivity index (χ0) is 17.9. The number of benzene rings is 1. The lowest BCUT2D eigenvalue weighted by molar-refractivity contribution is -0.914. The molecule has 1 aliphatic heterocycles. The molecule has 1 aliphatic rings. The average molecular weight is 353 g/mol. The quantitative estimate of drug-likeness (QED) is 0.695. The second-order valence-electron chi connectivity index (χ2n) is 6.61. The lowest BCUT2D eigenvalue weighted by Crippen LogP contribution is -3.13. The molecule has 2 N–H and O–H groups in total. The third kappa shape index (κ3) is 3.41. The summed E-state index contributed by atoms with van der Waals surface area (Å²) >= 11 is 0. The summed E-state index contributed by atoms with van der Waals surface area (Å²) in [5.74, 6) is 1.85. The van der Waals surface area contributed by atoms with E-state index in [4.69, 9.17) is 9.15 Å². The van der Waals surface area contributed by atoms with E-state index >= 15 is 0 Å². The fraction of sp³-hybridized carbons (Fsp3) is 0.300. The van der Waals surface area contributed by atoms with Crippen LogP contribution in [0, 0.1) is 0 Å². The predicted octanol–water partition coefficient (Wildman–Crippen LogP) is 0.521. The Morgan fingerprint density at radius 1 is 1.19 bits per heavy atom. The van der Waals surface area contributed by atoms with Gasteiger partial charge in [-0.15, -0.1) is 0 Å². The molecule has 3 heterocycles. The number of hydrogen-bond donors (Lipinski definition) is 1. The lowest BCUT2D eigenvalue weighted by Gasteiger charge is -2.28. The monoisotopic (exact) mass is 353 g/mol. The minimum absolute atomic E-state index is 0.308. The van der Waals surface area contributed by atoms with Crippen molar-refractivity contribution in [2.75, 3.05) is 38.2 Å². The van der Waals surface area contributed by atoms with Gasteiger partial charge in [-0.2, -0.15) is 0 Å². The molecule has 1 aromatic carbocycles. The van der Waals surface area contributed by atoms with Crippen molar-refractivity contribution in [3.05, 3.63) is 64.6 Å². The molecule has 2 aromatic heterocycles.